The maximum absolute atomic E-state index is 5.79. The van der Waals surface area contributed by atoms with Crippen LogP contribution in [0.15, 0.2) is 18.5 Å². The molecule has 5 nitrogen and oxygen atoms in total. The van der Waals surface area contributed by atoms with Gasteiger partial charge in [-0.2, -0.15) is 0 Å². The van der Waals surface area contributed by atoms with Crippen molar-refractivity contribution in [2.45, 2.75) is 6.10 Å². The number of nitrogens with two attached hydrogens (primary N) is 1. The third kappa shape index (κ3) is 2.84. The Bertz CT molecular complexity index is 345. The van der Waals surface area contributed by atoms with Crippen LogP contribution in [-0.2, 0) is 4.74 Å². The topological polar surface area (TPSA) is 63.4 Å². The molecule has 0 bridgehead atoms. The van der Waals surface area contributed by atoms with E-state index in [1.807, 2.05) is 6.07 Å². The number of nitrogens with one attached hydrogen (secondary N) is 1. The number of nitrogen functional groups attached to an aromatic ring is 1. The normalized spacial score (nSPS) is 21.9. The maximum Gasteiger partial charge on any atom is 0.0874 e. The summed E-state index contributed by atoms with van der Waals surface area (Å²) in [6.45, 7) is 3.54. The predicted molar refractivity (Wildman–Crippen MR) is 64.4 cm³/mol. The molecule has 2 rings (SSSR count). The second-order valence-electron chi connectivity index (χ2n) is 4.10. The minimum absolute atomic E-state index is 0.228. The summed E-state index contributed by atoms with van der Waals surface area (Å²) in [4.78, 5) is 6.22. The van der Waals surface area contributed by atoms with Gasteiger partial charge in [0.15, 0.2) is 0 Å². The van der Waals surface area contributed by atoms with E-state index in [9.17, 15) is 0 Å². The van der Waals surface area contributed by atoms with E-state index in [1.165, 1.54) is 0 Å². The van der Waals surface area contributed by atoms with Gasteiger partial charge in [-0.1, -0.05) is 0 Å². The standard InChI is InChI=1S/C11H18N4O/c1-15-4-5-16-9(8-15)6-14-11-2-3-13-7-10(11)12/h2-3,7,9H,4-6,8,12H2,1H3,(H,13,14). The van der Waals surface area contributed by atoms with Crippen molar-refractivity contribution in [3.05, 3.63) is 18.5 Å². The molecule has 0 aliphatic carbocycles. The van der Waals surface area contributed by atoms with Crippen LogP contribution in [0.1, 0.15) is 0 Å². The van der Waals surface area contributed by atoms with Crippen LogP contribution in [0.4, 0.5) is 11.4 Å². The molecule has 1 atom stereocenters. The van der Waals surface area contributed by atoms with Crippen molar-refractivity contribution in [1.82, 2.24) is 9.88 Å². The summed E-state index contributed by atoms with van der Waals surface area (Å²) in [6, 6.07) is 1.88. The molecule has 1 fully saturated rings. The van der Waals surface area contributed by atoms with Gasteiger partial charge in [0.1, 0.15) is 0 Å². The number of pyridine rings is 1. The van der Waals surface area contributed by atoms with E-state index in [2.05, 4.69) is 22.2 Å². The first-order valence-electron chi connectivity index (χ1n) is 5.49. The Morgan fingerprint density at radius 3 is 3.31 bits per heavy atom. The highest BCUT2D eigenvalue weighted by molar-refractivity contribution is 5.64. The van der Waals surface area contributed by atoms with Gasteiger partial charge < -0.3 is 20.7 Å². The second-order valence-corrected chi connectivity index (χ2v) is 4.10. The van der Waals surface area contributed by atoms with E-state index < -0.39 is 0 Å². The quantitative estimate of drug-likeness (QED) is 0.775. The third-order valence-corrected chi connectivity index (χ3v) is 2.71. The van der Waals surface area contributed by atoms with Gasteiger partial charge in [0.05, 0.1) is 30.3 Å². The smallest absolute Gasteiger partial charge is 0.0874 e. The van der Waals surface area contributed by atoms with Crippen LogP contribution in [-0.4, -0.2) is 49.3 Å². The van der Waals surface area contributed by atoms with Crippen LogP contribution in [0.2, 0.25) is 0 Å². The fourth-order valence-corrected chi connectivity index (χ4v) is 1.78. The van der Waals surface area contributed by atoms with E-state index in [4.69, 9.17) is 10.5 Å². The number of morpholine rings is 1. The van der Waals surface area contributed by atoms with Gasteiger partial charge in [-0.3, -0.25) is 4.98 Å². The van der Waals surface area contributed by atoms with E-state index >= 15 is 0 Å². The van der Waals surface area contributed by atoms with Crippen molar-refractivity contribution >= 4 is 11.4 Å². The molecule has 0 spiro atoms. The molecule has 1 aromatic rings. The van der Waals surface area contributed by atoms with Crippen LogP contribution < -0.4 is 11.1 Å². The molecular formula is C11H18N4O. The van der Waals surface area contributed by atoms with E-state index in [-0.39, 0.29) is 6.10 Å². The highest BCUT2D eigenvalue weighted by atomic mass is 16.5. The zero-order valence-corrected chi connectivity index (χ0v) is 9.52. The van der Waals surface area contributed by atoms with Crippen molar-refractivity contribution in [1.29, 1.82) is 0 Å². The molecule has 1 aromatic heterocycles. The number of aromatic nitrogens is 1. The van der Waals surface area contributed by atoms with Crippen LogP contribution in [0, 0.1) is 0 Å². The monoisotopic (exact) mass is 222 g/mol. The molecule has 0 radical (unpaired) electrons. The lowest BCUT2D eigenvalue weighted by Crippen LogP contribution is -2.43. The van der Waals surface area contributed by atoms with Crippen molar-refractivity contribution in [2.75, 3.05) is 44.3 Å². The van der Waals surface area contributed by atoms with Crippen molar-refractivity contribution in [2.24, 2.45) is 0 Å². The van der Waals surface area contributed by atoms with Gasteiger partial charge in [0.2, 0.25) is 0 Å². The molecule has 88 valence electrons. The summed E-state index contributed by atoms with van der Waals surface area (Å²) in [7, 11) is 2.11. The average Bonchev–Trinajstić information content (AvgIpc) is 2.28. The molecule has 0 aromatic carbocycles. The molecule has 1 unspecified atom stereocenters. The largest absolute Gasteiger partial charge is 0.396 e. The molecule has 1 saturated heterocycles. The number of likely N-dealkylation sites (N-methyl/N-ethyl adjacent to an activating group) is 1. The minimum Gasteiger partial charge on any atom is -0.396 e. The molecule has 16 heavy (non-hydrogen) atoms. The molecular weight excluding hydrogens is 204 g/mol. The van der Waals surface area contributed by atoms with E-state index in [0.717, 1.165) is 31.9 Å². The van der Waals surface area contributed by atoms with Crippen LogP contribution >= 0.6 is 0 Å². The van der Waals surface area contributed by atoms with Crippen LogP contribution in [0.3, 0.4) is 0 Å². The molecule has 1 aliphatic heterocycles. The fourth-order valence-electron chi connectivity index (χ4n) is 1.78. The summed E-state index contributed by atoms with van der Waals surface area (Å²) in [5.74, 6) is 0. The Kier molecular flexibility index (Phi) is 3.58. The number of anilines is 2. The van der Waals surface area contributed by atoms with Crippen LogP contribution in [0.25, 0.3) is 0 Å². The SMILES string of the molecule is CN1CCOC(CNc2ccncc2N)C1. The van der Waals surface area contributed by atoms with Crippen molar-refractivity contribution in [3.63, 3.8) is 0 Å². The minimum atomic E-state index is 0.228. The molecule has 1 aliphatic rings. The molecule has 5 heteroatoms. The maximum atomic E-state index is 5.79. The number of rotatable bonds is 3. The number of hydrogen-bond donors (Lipinski definition) is 2. The zero-order chi connectivity index (χ0) is 11.4. The zero-order valence-electron chi connectivity index (χ0n) is 9.52. The lowest BCUT2D eigenvalue weighted by molar-refractivity contribution is -0.0117. The molecule has 0 saturated carbocycles. The molecule has 0 amide bonds. The Hall–Kier alpha value is -1.33. The first kappa shape index (κ1) is 11.2. The molecule has 2 heterocycles. The number of hydrogen-bond acceptors (Lipinski definition) is 5. The average molecular weight is 222 g/mol. The van der Waals surface area contributed by atoms with Gasteiger partial charge in [0, 0.05) is 25.8 Å². The highest BCUT2D eigenvalue weighted by Gasteiger charge is 2.17. The summed E-state index contributed by atoms with van der Waals surface area (Å²) >= 11 is 0. The van der Waals surface area contributed by atoms with Crippen molar-refractivity contribution < 1.29 is 4.74 Å². The third-order valence-electron chi connectivity index (χ3n) is 2.71. The van der Waals surface area contributed by atoms with Crippen LogP contribution in [0.5, 0.6) is 0 Å². The summed E-state index contributed by atoms with van der Waals surface area (Å²) in [5.41, 5.74) is 7.38. The summed E-state index contributed by atoms with van der Waals surface area (Å²) in [6.07, 6.45) is 3.61. The lowest BCUT2D eigenvalue weighted by atomic mass is 10.2. The van der Waals surface area contributed by atoms with Gasteiger partial charge in [-0.15, -0.1) is 0 Å². The first-order chi connectivity index (χ1) is 7.75. The predicted octanol–water partition coefficient (Wildman–Crippen LogP) is 0.406. The van der Waals surface area contributed by atoms with Gasteiger partial charge in [-0.25, -0.2) is 0 Å². The van der Waals surface area contributed by atoms with E-state index in [0.29, 0.717) is 5.69 Å². The fraction of sp³-hybridized carbons (Fsp3) is 0.545. The van der Waals surface area contributed by atoms with Crippen molar-refractivity contribution in [3.8, 4) is 0 Å². The van der Waals surface area contributed by atoms with Gasteiger partial charge >= 0.3 is 0 Å². The number of ether oxygens (including phenoxy) is 1. The number of nitrogens with zero attached hydrogens (tertiary/aromatic N) is 2. The summed E-state index contributed by atoms with van der Waals surface area (Å²) < 4.78 is 5.65. The van der Waals surface area contributed by atoms with E-state index in [1.54, 1.807) is 12.4 Å². The molecule has 3 N–H and O–H groups in total. The van der Waals surface area contributed by atoms with Gasteiger partial charge in [0.25, 0.3) is 0 Å². The Morgan fingerprint density at radius 2 is 2.56 bits per heavy atom. The van der Waals surface area contributed by atoms with Gasteiger partial charge in [-0.05, 0) is 13.1 Å². The Labute approximate surface area is 95.6 Å². The first-order valence-corrected chi connectivity index (χ1v) is 5.49. The summed E-state index contributed by atoms with van der Waals surface area (Å²) in [5, 5.41) is 3.29. The second kappa shape index (κ2) is 5.14. The Balaban J connectivity index is 1.85. The lowest BCUT2D eigenvalue weighted by Gasteiger charge is -2.30. The highest BCUT2D eigenvalue weighted by Crippen LogP contribution is 2.15. The Morgan fingerprint density at radius 1 is 1.69 bits per heavy atom.